The molecule has 0 spiro atoms. The van der Waals surface area contributed by atoms with Crippen LogP contribution in [0, 0.1) is 11.8 Å². The molecule has 1 fully saturated rings. The minimum Gasteiger partial charge on any atom is -0.300 e. The van der Waals surface area contributed by atoms with Crippen LogP contribution >= 0.6 is 11.3 Å². The van der Waals surface area contributed by atoms with Crippen LogP contribution in [0.1, 0.15) is 37.5 Å². The number of aryl methyl sites for hydroxylation is 1. The zero-order valence-electron chi connectivity index (χ0n) is 9.24. The first-order valence-electron chi connectivity index (χ1n) is 5.80. The molecule has 2 atom stereocenters. The number of carbonyl (C=O) groups is 1. The van der Waals surface area contributed by atoms with Crippen LogP contribution in [0.15, 0.2) is 17.5 Å². The molecule has 0 amide bonds. The molecule has 1 nitrogen and oxygen atoms in total. The number of hydrogen-bond donors (Lipinski definition) is 0. The van der Waals surface area contributed by atoms with Gasteiger partial charge in [0.15, 0.2) is 0 Å². The Hall–Kier alpha value is -0.630. The number of ketones is 1. The highest BCUT2D eigenvalue weighted by atomic mass is 32.1. The van der Waals surface area contributed by atoms with Crippen molar-refractivity contribution in [3.63, 3.8) is 0 Å². The molecular weight excluding hydrogens is 204 g/mol. The summed E-state index contributed by atoms with van der Waals surface area (Å²) in [5.41, 5.74) is 0. The lowest BCUT2D eigenvalue weighted by molar-refractivity contribution is -0.122. The fourth-order valence-corrected chi connectivity index (χ4v) is 3.11. The van der Waals surface area contributed by atoms with Crippen molar-refractivity contribution in [2.45, 2.75) is 39.0 Å². The molecule has 0 aromatic carbocycles. The van der Waals surface area contributed by atoms with E-state index in [1.807, 2.05) is 11.3 Å². The Morgan fingerprint density at radius 2 is 2.40 bits per heavy atom. The van der Waals surface area contributed by atoms with E-state index in [0.29, 0.717) is 11.7 Å². The predicted octanol–water partition coefficient (Wildman–Crippen LogP) is 3.69. The van der Waals surface area contributed by atoms with Crippen molar-refractivity contribution in [1.82, 2.24) is 0 Å². The normalized spacial score (nSPS) is 26.9. The summed E-state index contributed by atoms with van der Waals surface area (Å²) in [5.74, 6) is 1.85. The Kier molecular flexibility index (Phi) is 3.57. The smallest absolute Gasteiger partial charge is 0.133 e. The van der Waals surface area contributed by atoms with Crippen LogP contribution in [0.3, 0.4) is 0 Å². The summed E-state index contributed by atoms with van der Waals surface area (Å²) in [7, 11) is 0. The summed E-state index contributed by atoms with van der Waals surface area (Å²) < 4.78 is 0. The van der Waals surface area contributed by atoms with Crippen LogP contribution in [0.2, 0.25) is 0 Å². The van der Waals surface area contributed by atoms with Gasteiger partial charge in [-0.15, -0.1) is 11.3 Å². The molecule has 0 N–H and O–H groups in total. The van der Waals surface area contributed by atoms with Gasteiger partial charge in [-0.1, -0.05) is 13.0 Å². The predicted molar refractivity (Wildman–Crippen MR) is 64.2 cm³/mol. The minimum atomic E-state index is 0.476. The summed E-state index contributed by atoms with van der Waals surface area (Å²) in [6.07, 6.45) is 5.09. The molecule has 1 heterocycles. The van der Waals surface area contributed by atoms with Gasteiger partial charge < -0.3 is 0 Å². The van der Waals surface area contributed by atoms with E-state index >= 15 is 0 Å². The second-order valence-corrected chi connectivity index (χ2v) is 5.67. The molecule has 1 aliphatic rings. The quantitative estimate of drug-likeness (QED) is 0.762. The minimum absolute atomic E-state index is 0.476. The summed E-state index contributed by atoms with van der Waals surface area (Å²) in [5, 5.41) is 2.13. The first kappa shape index (κ1) is 10.9. The third-order valence-corrected chi connectivity index (χ3v) is 4.45. The number of thiophene rings is 1. The van der Waals surface area contributed by atoms with E-state index in [4.69, 9.17) is 0 Å². The fraction of sp³-hybridized carbons (Fsp3) is 0.615. The highest BCUT2D eigenvalue weighted by Gasteiger charge is 2.25. The molecule has 1 aromatic heterocycles. The SMILES string of the molecule is CC1CCC(=O)CC1CCc1cccs1. The molecular formula is C13H18OS. The molecule has 15 heavy (non-hydrogen) atoms. The van der Waals surface area contributed by atoms with Crippen LogP contribution in [0.4, 0.5) is 0 Å². The summed E-state index contributed by atoms with van der Waals surface area (Å²) in [6.45, 7) is 2.30. The topological polar surface area (TPSA) is 17.1 Å². The van der Waals surface area contributed by atoms with Crippen molar-refractivity contribution >= 4 is 17.1 Å². The number of carbonyl (C=O) groups excluding carboxylic acids is 1. The molecule has 82 valence electrons. The van der Waals surface area contributed by atoms with Gasteiger partial charge in [-0.3, -0.25) is 4.79 Å². The van der Waals surface area contributed by atoms with Gasteiger partial charge in [-0.05, 0) is 42.5 Å². The highest BCUT2D eigenvalue weighted by molar-refractivity contribution is 7.09. The second kappa shape index (κ2) is 4.93. The first-order chi connectivity index (χ1) is 7.25. The first-order valence-corrected chi connectivity index (χ1v) is 6.68. The Bertz CT molecular complexity index is 315. The molecule has 0 bridgehead atoms. The third-order valence-electron chi connectivity index (χ3n) is 3.51. The van der Waals surface area contributed by atoms with Gasteiger partial charge in [0.25, 0.3) is 0 Å². The van der Waals surface area contributed by atoms with Crippen molar-refractivity contribution in [2.75, 3.05) is 0 Å². The largest absolute Gasteiger partial charge is 0.300 e. The molecule has 1 aromatic rings. The van der Waals surface area contributed by atoms with E-state index < -0.39 is 0 Å². The van der Waals surface area contributed by atoms with Gasteiger partial charge >= 0.3 is 0 Å². The highest BCUT2D eigenvalue weighted by Crippen LogP contribution is 2.31. The number of rotatable bonds is 3. The van der Waals surface area contributed by atoms with Crippen LogP contribution in [0.25, 0.3) is 0 Å². The molecule has 0 saturated heterocycles. The maximum absolute atomic E-state index is 11.4. The Balaban J connectivity index is 1.85. The van der Waals surface area contributed by atoms with Gasteiger partial charge in [0.1, 0.15) is 5.78 Å². The number of hydrogen-bond acceptors (Lipinski definition) is 2. The van der Waals surface area contributed by atoms with Crippen LogP contribution < -0.4 is 0 Å². The lowest BCUT2D eigenvalue weighted by Crippen LogP contribution is -2.23. The molecule has 0 aliphatic heterocycles. The molecule has 1 saturated carbocycles. The van der Waals surface area contributed by atoms with Crippen molar-refractivity contribution in [3.05, 3.63) is 22.4 Å². The monoisotopic (exact) mass is 222 g/mol. The van der Waals surface area contributed by atoms with Gasteiger partial charge in [0, 0.05) is 17.7 Å². The maximum Gasteiger partial charge on any atom is 0.133 e. The van der Waals surface area contributed by atoms with Crippen molar-refractivity contribution in [3.8, 4) is 0 Å². The maximum atomic E-state index is 11.4. The van der Waals surface area contributed by atoms with E-state index in [1.165, 1.54) is 11.3 Å². The molecule has 2 unspecified atom stereocenters. The lowest BCUT2D eigenvalue weighted by atomic mass is 9.77. The Morgan fingerprint density at radius 1 is 1.53 bits per heavy atom. The van der Waals surface area contributed by atoms with Gasteiger partial charge in [-0.2, -0.15) is 0 Å². The average molecular weight is 222 g/mol. The van der Waals surface area contributed by atoms with Gasteiger partial charge in [0.05, 0.1) is 0 Å². The van der Waals surface area contributed by atoms with E-state index in [2.05, 4.69) is 24.4 Å². The lowest BCUT2D eigenvalue weighted by Gasteiger charge is -2.27. The van der Waals surface area contributed by atoms with Crippen LogP contribution in [-0.4, -0.2) is 5.78 Å². The zero-order chi connectivity index (χ0) is 10.7. The Labute approximate surface area is 95.5 Å². The average Bonchev–Trinajstić information content (AvgIpc) is 2.72. The molecule has 1 aliphatic carbocycles. The van der Waals surface area contributed by atoms with Crippen molar-refractivity contribution in [2.24, 2.45) is 11.8 Å². The summed E-state index contributed by atoms with van der Waals surface area (Å²) in [6, 6.07) is 4.30. The summed E-state index contributed by atoms with van der Waals surface area (Å²) >= 11 is 1.83. The van der Waals surface area contributed by atoms with Gasteiger partial charge in [-0.25, -0.2) is 0 Å². The van der Waals surface area contributed by atoms with E-state index in [9.17, 15) is 4.79 Å². The van der Waals surface area contributed by atoms with Crippen LogP contribution in [0.5, 0.6) is 0 Å². The summed E-state index contributed by atoms with van der Waals surface area (Å²) in [4.78, 5) is 12.8. The standard InChI is InChI=1S/C13H18OS/c1-10-4-6-12(14)9-11(10)5-7-13-3-2-8-15-13/h2-3,8,10-11H,4-7,9H2,1H3. The van der Waals surface area contributed by atoms with Crippen molar-refractivity contribution < 1.29 is 4.79 Å². The Morgan fingerprint density at radius 3 is 3.13 bits per heavy atom. The molecule has 2 heteroatoms. The fourth-order valence-electron chi connectivity index (χ4n) is 2.39. The van der Waals surface area contributed by atoms with Gasteiger partial charge in [0.2, 0.25) is 0 Å². The van der Waals surface area contributed by atoms with E-state index in [1.54, 1.807) is 0 Å². The molecule has 2 rings (SSSR count). The molecule has 0 radical (unpaired) electrons. The van der Waals surface area contributed by atoms with Crippen LogP contribution in [-0.2, 0) is 11.2 Å². The number of Topliss-reactive ketones (excluding diaryl/α,β-unsaturated/α-hetero) is 1. The van der Waals surface area contributed by atoms with E-state index in [-0.39, 0.29) is 0 Å². The van der Waals surface area contributed by atoms with Crippen molar-refractivity contribution in [1.29, 1.82) is 0 Å². The van der Waals surface area contributed by atoms with E-state index in [0.717, 1.165) is 31.6 Å². The second-order valence-electron chi connectivity index (χ2n) is 4.64. The zero-order valence-corrected chi connectivity index (χ0v) is 10.1. The third kappa shape index (κ3) is 2.91.